The van der Waals surface area contributed by atoms with Crippen LogP contribution in [0.1, 0.15) is 20.3 Å². The van der Waals surface area contributed by atoms with Gasteiger partial charge in [0.25, 0.3) is 0 Å². The van der Waals surface area contributed by atoms with E-state index in [1.54, 1.807) is 12.1 Å². The quantitative estimate of drug-likeness (QED) is 0.518. The van der Waals surface area contributed by atoms with E-state index in [0.717, 1.165) is 0 Å². The molecule has 7 nitrogen and oxygen atoms in total. The Balaban J connectivity index is 1.81. The molecule has 1 atom stereocenters. The highest BCUT2D eigenvalue weighted by Crippen LogP contribution is 2.14. The summed E-state index contributed by atoms with van der Waals surface area (Å²) in [6.45, 7) is 6.35. The number of nitrogens with one attached hydrogen (secondary N) is 2. The van der Waals surface area contributed by atoms with E-state index < -0.39 is 10.0 Å². The van der Waals surface area contributed by atoms with Crippen molar-refractivity contribution >= 4 is 16.0 Å². The molecule has 0 saturated carbocycles. The van der Waals surface area contributed by atoms with Gasteiger partial charge >= 0.3 is 0 Å². The third kappa shape index (κ3) is 6.45. The fourth-order valence-electron chi connectivity index (χ4n) is 2.61. The van der Waals surface area contributed by atoms with Gasteiger partial charge in [0.05, 0.1) is 12.3 Å². The molecule has 1 aromatic rings. The summed E-state index contributed by atoms with van der Waals surface area (Å²) in [5, 5.41) is 6.24. The summed E-state index contributed by atoms with van der Waals surface area (Å²) in [5.41, 5.74) is 0. The smallest absolute Gasteiger partial charge is 0.214 e. The molecule has 2 rings (SSSR count). The predicted molar refractivity (Wildman–Crippen MR) is 100 cm³/mol. The Bertz CT molecular complexity index is 712. The highest BCUT2D eigenvalue weighted by atomic mass is 32.2. The number of hydrogen-bond acceptors (Lipinski definition) is 4. The lowest BCUT2D eigenvalue weighted by atomic mass is 10.3. The summed E-state index contributed by atoms with van der Waals surface area (Å²) in [6.07, 6.45) is 0.456. The van der Waals surface area contributed by atoms with Gasteiger partial charge < -0.3 is 15.4 Å². The summed E-state index contributed by atoms with van der Waals surface area (Å²) < 4.78 is 43.9. The van der Waals surface area contributed by atoms with Crippen LogP contribution in [0.5, 0.6) is 5.75 Å². The maximum Gasteiger partial charge on any atom is 0.214 e. The molecule has 1 saturated heterocycles. The Morgan fingerprint density at radius 2 is 2.23 bits per heavy atom. The topological polar surface area (TPSA) is 83.0 Å². The molecule has 0 spiro atoms. The minimum atomic E-state index is -3.08. The van der Waals surface area contributed by atoms with Crippen LogP contribution in [-0.2, 0) is 10.0 Å². The first-order valence-corrected chi connectivity index (χ1v) is 10.4. The van der Waals surface area contributed by atoms with Crippen LogP contribution in [0.3, 0.4) is 0 Å². The zero-order valence-corrected chi connectivity index (χ0v) is 16.1. The van der Waals surface area contributed by atoms with E-state index in [9.17, 15) is 12.8 Å². The molecule has 0 bridgehead atoms. The zero-order chi connectivity index (χ0) is 19.0. The fourth-order valence-corrected chi connectivity index (χ4v) is 4.14. The molecule has 1 aliphatic rings. The summed E-state index contributed by atoms with van der Waals surface area (Å²) in [6, 6.07) is 5.99. The van der Waals surface area contributed by atoms with Crippen LogP contribution in [-0.4, -0.2) is 63.3 Å². The summed E-state index contributed by atoms with van der Waals surface area (Å²) in [7, 11) is -3.08. The van der Waals surface area contributed by atoms with Crippen LogP contribution in [0.15, 0.2) is 29.3 Å². The second-order valence-electron chi connectivity index (χ2n) is 6.10. The van der Waals surface area contributed by atoms with E-state index in [2.05, 4.69) is 15.6 Å². The van der Waals surface area contributed by atoms with Gasteiger partial charge in [-0.15, -0.1) is 0 Å². The van der Waals surface area contributed by atoms with Crippen molar-refractivity contribution in [2.24, 2.45) is 4.99 Å². The van der Waals surface area contributed by atoms with Gasteiger partial charge in [0, 0.05) is 32.2 Å². The van der Waals surface area contributed by atoms with Crippen LogP contribution in [0.2, 0.25) is 0 Å². The predicted octanol–water partition coefficient (Wildman–Crippen LogP) is 1.18. The van der Waals surface area contributed by atoms with Gasteiger partial charge in [0.15, 0.2) is 5.96 Å². The fraction of sp³-hybridized carbons (Fsp3) is 0.588. The minimum Gasteiger partial charge on any atom is -0.489 e. The van der Waals surface area contributed by atoms with Crippen molar-refractivity contribution in [3.63, 3.8) is 0 Å². The summed E-state index contributed by atoms with van der Waals surface area (Å²) in [5.74, 6) is 0.949. The van der Waals surface area contributed by atoms with Crippen LogP contribution in [0.4, 0.5) is 4.39 Å². The number of ether oxygens (including phenoxy) is 1. The number of guanidine groups is 1. The van der Waals surface area contributed by atoms with Crippen LogP contribution < -0.4 is 15.4 Å². The van der Waals surface area contributed by atoms with Crippen molar-refractivity contribution in [3.05, 3.63) is 30.1 Å². The van der Waals surface area contributed by atoms with Crippen LogP contribution in [0, 0.1) is 5.82 Å². The first-order valence-electron chi connectivity index (χ1n) is 8.83. The van der Waals surface area contributed by atoms with E-state index in [-0.39, 0.29) is 17.7 Å². The number of benzene rings is 1. The molecule has 0 aliphatic carbocycles. The lowest BCUT2D eigenvalue weighted by Crippen LogP contribution is -2.42. The molecule has 1 heterocycles. The standard InChI is InChI=1S/C17H27FN4O3S/c1-3-19-17(20-8-10-22-9-5-11-26(22,23)24)21-13-14(2)25-16-7-4-6-15(18)12-16/h4,6-7,12,14H,3,5,8-11,13H2,1-2H3,(H2,19,20,21). The highest BCUT2D eigenvalue weighted by Gasteiger charge is 2.27. The maximum atomic E-state index is 13.2. The minimum absolute atomic E-state index is 0.230. The Kier molecular flexibility index (Phi) is 7.65. The molecule has 9 heteroatoms. The van der Waals surface area contributed by atoms with Gasteiger partial charge in [-0.1, -0.05) is 6.07 Å². The molecule has 0 aromatic heterocycles. The average Bonchev–Trinajstić information content (AvgIpc) is 2.91. The van der Waals surface area contributed by atoms with Gasteiger partial charge in [0.2, 0.25) is 10.0 Å². The monoisotopic (exact) mass is 386 g/mol. The van der Waals surface area contributed by atoms with E-state index in [1.165, 1.54) is 16.4 Å². The average molecular weight is 386 g/mol. The molecular weight excluding hydrogens is 359 g/mol. The number of hydrogen-bond donors (Lipinski definition) is 2. The van der Waals surface area contributed by atoms with E-state index in [0.29, 0.717) is 50.9 Å². The SMILES string of the molecule is CCNC(=NCC(C)Oc1cccc(F)c1)NCCN1CCCS1(=O)=O. The molecule has 0 amide bonds. The first kappa shape index (κ1) is 20.4. The van der Waals surface area contributed by atoms with E-state index in [1.807, 2.05) is 13.8 Å². The summed E-state index contributed by atoms with van der Waals surface area (Å²) in [4.78, 5) is 4.44. The number of aliphatic imine (C=N–C) groups is 1. The van der Waals surface area contributed by atoms with Gasteiger partial charge in [-0.25, -0.2) is 22.1 Å². The van der Waals surface area contributed by atoms with Crippen molar-refractivity contribution < 1.29 is 17.5 Å². The van der Waals surface area contributed by atoms with Crippen molar-refractivity contribution in [1.82, 2.24) is 14.9 Å². The van der Waals surface area contributed by atoms with E-state index >= 15 is 0 Å². The highest BCUT2D eigenvalue weighted by molar-refractivity contribution is 7.89. The largest absolute Gasteiger partial charge is 0.489 e. The molecule has 2 N–H and O–H groups in total. The van der Waals surface area contributed by atoms with Crippen molar-refractivity contribution in [3.8, 4) is 5.75 Å². The first-order chi connectivity index (χ1) is 12.4. The third-order valence-electron chi connectivity index (χ3n) is 3.84. The van der Waals surface area contributed by atoms with Gasteiger partial charge in [-0.2, -0.15) is 0 Å². The van der Waals surface area contributed by atoms with Crippen LogP contribution >= 0.6 is 0 Å². The second kappa shape index (κ2) is 9.72. The lowest BCUT2D eigenvalue weighted by molar-refractivity contribution is 0.229. The molecule has 1 aromatic carbocycles. The number of sulfonamides is 1. The molecule has 26 heavy (non-hydrogen) atoms. The Labute approximate surface area is 154 Å². The number of nitrogens with zero attached hydrogens (tertiary/aromatic N) is 2. The Hall–Kier alpha value is -1.87. The number of rotatable bonds is 8. The second-order valence-corrected chi connectivity index (χ2v) is 8.19. The van der Waals surface area contributed by atoms with Gasteiger partial charge in [-0.05, 0) is 32.4 Å². The third-order valence-corrected chi connectivity index (χ3v) is 5.80. The Morgan fingerprint density at radius 3 is 2.88 bits per heavy atom. The molecule has 1 unspecified atom stereocenters. The van der Waals surface area contributed by atoms with Crippen molar-refractivity contribution in [2.75, 3.05) is 38.5 Å². The van der Waals surface area contributed by atoms with Crippen molar-refractivity contribution in [2.45, 2.75) is 26.4 Å². The van der Waals surface area contributed by atoms with Crippen LogP contribution in [0.25, 0.3) is 0 Å². The number of halogens is 1. The lowest BCUT2D eigenvalue weighted by Gasteiger charge is -2.17. The molecule has 1 aliphatic heterocycles. The summed E-state index contributed by atoms with van der Waals surface area (Å²) >= 11 is 0. The maximum absolute atomic E-state index is 13.2. The van der Waals surface area contributed by atoms with Gasteiger partial charge in [0.1, 0.15) is 17.7 Å². The zero-order valence-electron chi connectivity index (χ0n) is 15.2. The van der Waals surface area contributed by atoms with E-state index in [4.69, 9.17) is 4.74 Å². The normalized spacial score (nSPS) is 18.5. The Morgan fingerprint density at radius 1 is 1.42 bits per heavy atom. The molecule has 146 valence electrons. The molecule has 0 radical (unpaired) electrons. The van der Waals surface area contributed by atoms with Gasteiger partial charge in [-0.3, -0.25) is 0 Å². The molecule has 1 fully saturated rings. The van der Waals surface area contributed by atoms with Crippen molar-refractivity contribution in [1.29, 1.82) is 0 Å². The molecular formula is C17H27FN4O3S.